The van der Waals surface area contributed by atoms with E-state index in [1.165, 1.54) is 34.4 Å². The number of aromatic nitrogens is 2. The molecule has 2 atom stereocenters. The van der Waals surface area contributed by atoms with Gasteiger partial charge < -0.3 is 30.4 Å². The van der Waals surface area contributed by atoms with Gasteiger partial charge in [-0.05, 0) is 87.4 Å². The van der Waals surface area contributed by atoms with E-state index in [9.17, 15) is 63.9 Å². The third kappa shape index (κ3) is 8.80. The summed E-state index contributed by atoms with van der Waals surface area (Å²) < 4.78 is 129. The van der Waals surface area contributed by atoms with E-state index < -0.39 is 106 Å². The zero-order chi connectivity index (χ0) is 45.7. The summed E-state index contributed by atoms with van der Waals surface area (Å²) >= 11 is 5.80. The van der Waals surface area contributed by atoms with Gasteiger partial charge in [0.2, 0.25) is 0 Å². The van der Waals surface area contributed by atoms with E-state index in [-0.39, 0.29) is 64.6 Å². The number of ketones is 2. The van der Waals surface area contributed by atoms with Crippen LogP contribution in [0, 0.1) is 31.3 Å². The Kier molecular flexibility index (Phi) is 12.4. The highest BCUT2D eigenvalue weighted by Crippen LogP contribution is 2.34. The maximum atomic E-state index is 15.2. The number of Topliss-reactive ketones (excluding diaryl/α,β-unsaturated/α-hetero) is 2. The number of hydrogen-bond donors (Lipinski definition) is 4. The summed E-state index contributed by atoms with van der Waals surface area (Å²) in [4.78, 5) is 79.4. The van der Waals surface area contributed by atoms with Crippen molar-refractivity contribution in [1.29, 1.82) is 0 Å². The highest BCUT2D eigenvalue weighted by Gasteiger charge is 2.44. The molecule has 0 fully saturated rings. The van der Waals surface area contributed by atoms with Gasteiger partial charge in [0.1, 0.15) is 17.9 Å². The quantitative estimate of drug-likeness (QED) is 0.0675. The molecule has 0 radical (unpaired) electrons. The van der Waals surface area contributed by atoms with Crippen molar-refractivity contribution < 1.29 is 68.3 Å². The van der Waals surface area contributed by atoms with E-state index in [0.29, 0.717) is 37.6 Å². The van der Waals surface area contributed by atoms with E-state index in [1.54, 1.807) is 5.32 Å². The van der Waals surface area contributed by atoms with Crippen LogP contribution in [-0.2, 0) is 41.9 Å². The fraction of sp³-hybridized carbons (Fsp3) is 0.350. The SMILES string of the molecule is Cc1c(C(=O)Nc2cc(F)c(F)c(C[C@H](NC(=O)C(=O)c3c(C)c(C(=O)Nc4ccc(F)c(Cl)c4)c4n3CCC4)C(F)(F)F)c2)c2n(c1C(=O)C(=O)N[C@@H](C)C(F)(F)F)CCC2. The average Bonchev–Trinajstić information content (AvgIpc) is 3.94. The van der Waals surface area contributed by atoms with Crippen LogP contribution in [0.3, 0.4) is 0 Å². The number of alkyl halides is 6. The second-order valence-corrected chi connectivity index (χ2v) is 15.1. The van der Waals surface area contributed by atoms with Crippen molar-refractivity contribution >= 4 is 58.2 Å². The topological polar surface area (TPSA) is 160 Å². The summed E-state index contributed by atoms with van der Waals surface area (Å²) in [7, 11) is 0. The first-order valence-electron chi connectivity index (χ1n) is 18.7. The van der Waals surface area contributed by atoms with Crippen LogP contribution < -0.4 is 21.3 Å². The van der Waals surface area contributed by atoms with Gasteiger partial charge in [0, 0.05) is 48.3 Å². The number of hydrogen-bond acceptors (Lipinski definition) is 6. The van der Waals surface area contributed by atoms with Gasteiger partial charge in [-0.15, -0.1) is 0 Å². The Hall–Kier alpha value is -6.12. The second kappa shape index (κ2) is 17.0. The number of anilines is 2. The van der Waals surface area contributed by atoms with Gasteiger partial charge >= 0.3 is 12.4 Å². The molecule has 0 unspecified atom stereocenters. The lowest BCUT2D eigenvalue weighted by Gasteiger charge is -2.22. The first kappa shape index (κ1) is 45.4. The fourth-order valence-corrected chi connectivity index (χ4v) is 7.89. The highest BCUT2D eigenvalue weighted by molar-refractivity contribution is 6.43. The maximum absolute atomic E-state index is 15.2. The van der Waals surface area contributed by atoms with Gasteiger partial charge in [0.15, 0.2) is 11.6 Å². The summed E-state index contributed by atoms with van der Waals surface area (Å²) in [6.07, 6.45) is -10.6. The van der Waals surface area contributed by atoms with Crippen LogP contribution in [0.2, 0.25) is 5.02 Å². The van der Waals surface area contributed by atoms with Crippen molar-refractivity contribution in [2.75, 3.05) is 10.6 Å². The van der Waals surface area contributed by atoms with Gasteiger partial charge in [-0.3, -0.25) is 28.8 Å². The molecular formula is C40H34ClF9N6O6. The van der Waals surface area contributed by atoms with Gasteiger partial charge in [-0.1, -0.05) is 11.6 Å². The smallest absolute Gasteiger partial charge is 0.341 e. The maximum Gasteiger partial charge on any atom is 0.408 e. The van der Waals surface area contributed by atoms with E-state index in [4.69, 9.17) is 11.6 Å². The first-order chi connectivity index (χ1) is 28.9. The molecular weight excluding hydrogens is 867 g/mol. The van der Waals surface area contributed by atoms with Gasteiger partial charge in [-0.25, -0.2) is 13.2 Å². The van der Waals surface area contributed by atoms with E-state index in [1.807, 2.05) is 0 Å². The van der Waals surface area contributed by atoms with Crippen molar-refractivity contribution in [3.63, 3.8) is 0 Å². The molecule has 22 heteroatoms. The van der Waals surface area contributed by atoms with Crippen molar-refractivity contribution in [3.05, 3.63) is 103 Å². The summed E-state index contributed by atoms with van der Waals surface area (Å²) in [5.41, 5.74) is -2.28. The third-order valence-corrected chi connectivity index (χ3v) is 10.9. The molecule has 0 bridgehead atoms. The number of halogens is 10. The van der Waals surface area contributed by atoms with Crippen molar-refractivity contribution in [2.24, 2.45) is 0 Å². The number of fused-ring (bicyclic) bond motifs is 2. The summed E-state index contributed by atoms with van der Waals surface area (Å²) in [6.45, 7) is 3.35. The molecule has 4 aromatic rings. The molecule has 4 amide bonds. The number of nitrogens with zero attached hydrogens (tertiary/aromatic N) is 2. The van der Waals surface area contributed by atoms with Crippen LogP contribution in [-0.4, -0.2) is 68.8 Å². The Morgan fingerprint density at radius 1 is 0.694 bits per heavy atom. The van der Waals surface area contributed by atoms with Crippen LogP contribution in [0.25, 0.3) is 0 Å². The van der Waals surface area contributed by atoms with Crippen LogP contribution in [0.5, 0.6) is 0 Å². The Morgan fingerprint density at radius 2 is 1.19 bits per heavy atom. The average molecular weight is 901 g/mol. The number of amides is 4. The van der Waals surface area contributed by atoms with Gasteiger partial charge in [0.25, 0.3) is 35.2 Å². The molecule has 62 heavy (non-hydrogen) atoms. The lowest BCUT2D eigenvalue weighted by atomic mass is 10.0. The lowest BCUT2D eigenvalue weighted by molar-refractivity contribution is -0.160. The Balaban J connectivity index is 1.22. The van der Waals surface area contributed by atoms with Crippen LogP contribution in [0.1, 0.15) is 89.5 Å². The Bertz CT molecular complexity index is 2560. The Morgan fingerprint density at radius 3 is 1.68 bits per heavy atom. The molecule has 4 N–H and O–H groups in total. The molecule has 0 saturated heterocycles. The summed E-state index contributed by atoms with van der Waals surface area (Å²) in [5.74, 6) is -12.4. The largest absolute Gasteiger partial charge is 0.408 e. The molecule has 6 rings (SSSR count). The highest BCUT2D eigenvalue weighted by atomic mass is 35.5. The van der Waals surface area contributed by atoms with Gasteiger partial charge in [-0.2, -0.15) is 26.3 Å². The van der Waals surface area contributed by atoms with E-state index in [0.717, 1.165) is 12.1 Å². The number of carbonyl (C=O) groups is 6. The number of nitrogens with one attached hydrogen (secondary N) is 4. The predicted molar refractivity (Wildman–Crippen MR) is 203 cm³/mol. The van der Waals surface area contributed by atoms with Crippen molar-refractivity contribution in [1.82, 2.24) is 19.8 Å². The molecule has 330 valence electrons. The van der Waals surface area contributed by atoms with E-state index in [2.05, 4.69) is 10.6 Å². The minimum absolute atomic E-state index is 0.0488. The van der Waals surface area contributed by atoms with E-state index >= 15 is 4.39 Å². The van der Waals surface area contributed by atoms with Gasteiger partial charge in [0.05, 0.1) is 27.5 Å². The van der Waals surface area contributed by atoms with Crippen molar-refractivity contribution in [3.8, 4) is 0 Å². The normalized spacial score (nSPS) is 14.5. The number of benzene rings is 2. The molecule has 4 heterocycles. The molecule has 0 spiro atoms. The summed E-state index contributed by atoms with van der Waals surface area (Å²) in [5, 5.41) is 7.52. The minimum atomic E-state index is -5.37. The predicted octanol–water partition coefficient (Wildman–Crippen LogP) is 7.10. The standard InChI is InChI=1S/C40H34ClF9N6O6/c1-16-28(35(59)52-20-8-9-23(42)22(41)14-20)25-6-4-11-56(25)32(16)34(58)38(62)54-27(40(48,49)50)13-19-12-21(15-24(43)30(19)44)53-36(60)29-17(2)31(55-10-5-7-26(29)55)33(57)37(61)51-18(3)39(45,46)47/h8-9,12,14-15,18,27H,4-7,10-11,13H2,1-3H3,(H,51,61)(H,52,59)(H,53,60)(H,54,62)/t18-,27-/m0/s1. The molecule has 2 aliphatic heterocycles. The second-order valence-electron chi connectivity index (χ2n) is 14.7. The zero-order valence-corrected chi connectivity index (χ0v) is 33.4. The Labute approximate surface area is 350 Å². The summed E-state index contributed by atoms with van der Waals surface area (Å²) in [6, 6.07) is -0.963. The first-order valence-corrected chi connectivity index (χ1v) is 19.1. The van der Waals surface area contributed by atoms with Crippen LogP contribution in [0.4, 0.5) is 50.9 Å². The molecule has 2 aromatic heterocycles. The molecule has 2 aromatic carbocycles. The molecule has 0 aliphatic carbocycles. The van der Waals surface area contributed by atoms with Crippen molar-refractivity contribution in [2.45, 2.75) is 90.4 Å². The molecule has 2 aliphatic rings. The number of rotatable bonds is 12. The molecule has 12 nitrogen and oxygen atoms in total. The zero-order valence-electron chi connectivity index (χ0n) is 32.6. The van der Waals surface area contributed by atoms with Crippen LogP contribution in [0.15, 0.2) is 30.3 Å². The monoisotopic (exact) mass is 900 g/mol. The van der Waals surface area contributed by atoms with Crippen LogP contribution >= 0.6 is 11.6 Å². The third-order valence-electron chi connectivity index (χ3n) is 10.6. The number of carbonyl (C=O) groups excluding carboxylic acids is 6. The lowest BCUT2D eigenvalue weighted by Crippen LogP contribution is -2.49. The fourth-order valence-electron chi connectivity index (χ4n) is 7.70. The molecule has 0 saturated carbocycles. The minimum Gasteiger partial charge on any atom is -0.341 e.